The highest BCUT2D eigenvalue weighted by Crippen LogP contribution is 2.09. The molecular weight excluding hydrogens is 248 g/mol. The maximum atomic E-state index is 12.0. The van der Waals surface area contributed by atoms with Gasteiger partial charge in [0, 0.05) is 29.1 Å². The molecule has 0 aliphatic heterocycles. The molecule has 1 heterocycles. The highest BCUT2D eigenvalue weighted by Gasteiger charge is 2.13. The normalized spacial score (nSPS) is 10.1. The molecule has 1 N–H and O–H groups in total. The molecule has 1 aromatic heterocycles. The maximum absolute atomic E-state index is 12.0. The molecule has 0 radical (unpaired) electrons. The van der Waals surface area contributed by atoms with Crippen LogP contribution in [0.25, 0.3) is 0 Å². The number of carbonyl (C=O) groups is 1. The molecule has 3 nitrogen and oxygen atoms in total. The minimum Gasteiger partial charge on any atom is -0.264 e. The third kappa shape index (κ3) is 2.87. The molecule has 0 aliphatic rings. The Labute approximate surface area is 111 Å². The Morgan fingerprint density at radius 2 is 1.94 bits per heavy atom. The number of pyridine rings is 1. The number of halogens is 1. The van der Waals surface area contributed by atoms with E-state index in [0.717, 1.165) is 12.1 Å². The average Bonchev–Trinajstić information content (AvgIpc) is 2.40. The minimum absolute atomic E-state index is 0.155. The van der Waals surface area contributed by atoms with Gasteiger partial charge in [-0.2, -0.15) is 0 Å². The molecule has 0 saturated heterocycles. The van der Waals surface area contributed by atoms with Crippen molar-refractivity contribution in [2.45, 2.75) is 13.3 Å². The molecule has 2 rings (SSSR count). The number of hydrogen-bond acceptors (Lipinski definition) is 1. The van der Waals surface area contributed by atoms with Crippen LogP contribution >= 0.6 is 11.6 Å². The monoisotopic (exact) mass is 261 g/mol. The van der Waals surface area contributed by atoms with Crippen molar-refractivity contribution in [1.29, 1.82) is 0 Å². The lowest BCUT2D eigenvalue weighted by molar-refractivity contribution is -0.649. The van der Waals surface area contributed by atoms with Gasteiger partial charge in [0.15, 0.2) is 6.20 Å². The second-order valence-corrected chi connectivity index (χ2v) is 4.30. The number of nitrogens with zero attached hydrogens (tertiary/aromatic N) is 1. The zero-order valence-corrected chi connectivity index (χ0v) is 10.8. The Balaban J connectivity index is 2.18. The molecule has 0 bridgehead atoms. The minimum atomic E-state index is -0.155. The van der Waals surface area contributed by atoms with Gasteiger partial charge < -0.3 is 0 Å². The molecule has 92 valence electrons. The molecule has 1 amide bonds. The van der Waals surface area contributed by atoms with Crippen LogP contribution in [0.15, 0.2) is 48.7 Å². The number of carbonyl (C=O) groups excluding carboxylic acids is 1. The molecule has 2 aromatic rings. The van der Waals surface area contributed by atoms with E-state index < -0.39 is 0 Å². The van der Waals surface area contributed by atoms with Gasteiger partial charge in [-0.3, -0.25) is 4.79 Å². The van der Waals surface area contributed by atoms with Crippen LogP contribution in [0.3, 0.4) is 0 Å². The van der Waals surface area contributed by atoms with Crippen molar-refractivity contribution in [3.8, 4) is 0 Å². The highest BCUT2D eigenvalue weighted by atomic mass is 35.5. The van der Waals surface area contributed by atoms with E-state index in [4.69, 9.17) is 11.6 Å². The molecule has 18 heavy (non-hydrogen) atoms. The van der Waals surface area contributed by atoms with E-state index in [1.807, 2.05) is 31.3 Å². The van der Waals surface area contributed by atoms with Crippen molar-refractivity contribution in [3.05, 3.63) is 64.9 Å². The van der Waals surface area contributed by atoms with Crippen LogP contribution < -0.4 is 10.1 Å². The first-order chi connectivity index (χ1) is 8.70. The first-order valence-corrected chi connectivity index (χ1v) is 6.15. The van der Waals surface area contributed by atoms with Crippen LogP contribution in [0.4, 0.5) is 0 Å². The summed E-state index contributed by atoms with van der Waals surface area (Å²) in [5, 5.41) is 0.619. The predicted molar refractivity (Wildman–Crippen MR) is 71.2 cm³/mol. The molecule has 0 atom stereocenters. The number of aromatic nitrogens is 1. The van der Waals surface area contributed by atoms with Gasteiger partial charge >= 0.3 is 5.91 Å². The Morgan fingerprint density at radius 1 is 1.22 bits per heavy atom. The first-order valence-electron chi connectivity index (χ1n) is 5.77. The van der Waals surface area contributed by atoms with E-state index in [2.05, 4.69) is 5.43 Å². The maximum Gasteiger partial charge on any atom is 0.305 e. The van der Waals surface area contributed by atoms with Gasteiger partial charge in [-0.1, -0.05) is 23.2 Å². The number of rotatable bonds is 3. The van der Waals surface area contributed by atoms with Gasteiger partial charge in [0.05, 0.1) is 0 Å². The Bertz CT molecular complexity index is 552. The van der Waals surface area contributed by atoms with Crippen molar-refractivity contribution in [2.24, 2.45) is 0 Å². The summed E-state index contributed by atoms with van der Waals surface area (Å²) >= 11 is 5.79. The summed E-state index contributed by atoms with van der Waals surface area (Å²) < 4.78 is 1.73. The van der Waals surface area contributed by atoms with Gasteiger partial charge in [0.2, 0.25) is 5.69 Å². The van der Waals surface area contributed by atoms with Gasteiger partial charge in [-0.15, -0.1) is 5.43 Å². The van der Waals surface area contributed by atoms with E-state index in [1.165, 1.54) is 0 Å². The third-order valence-electron chi connectivity index (χ3n) is 2.63. The van der Waals surface area contributed by atoms with Crippen LogP contribution in [0.1, 0.15) is 23.0 Å². The van der Waals surface area contributed by atoms with Crippen LogP contribution in [-0.4, -0.2) is 5.91 Å². The lowest BCUT2D eigenvalue weighted by atomic mass is 10.2. The van der Waals surface area contributed by atoms with Crippen LogP contribution in [0.2, 0.25) is 5.02 Å². The number of hydrogen-bond donors (Lipinski definition) is 1. The Morgan fingerprint density at radius 3 is 2.61 bits per heavy atom. The van der Waals surface area contributed by atoms with Crippen molar-refractivity contribution < 1.29 is 9.47 Å². The molecule has 0 unspecified atom stereocenters. The van der Waals surface area contributed by atoms with Gasteiger partial charge in [0.1, 0.15) is 0 Å². The topological polar surface area (TPSA) is 33.0 Å². The number of amides is 1. The summed E-state index contributed by atoms with van der Waals surface area (Å²) in [5.41, 5.74) is 4.45. The summed E-state index contributed by atoms with van der Waals surface area (Å²) in [4.78, 5) is 12.0. The zero-order valence-electron chi connectivity index (χ0n) is 10.1. The van der Waals surface area contributed by atoms with Crippen LogP contribution in [0, 0.1) is 0 Å². The molecule has 0 aliphatic carbocycles. The third-order valence-corrected chi connectivity index (χ3v) is 2.89. The first kappa shape index (κ1) is 12.6. The summed E-state index contributed by atoms with van der Waals surface area (Å²) in [6, 6.07) is 12.6. The average molecular weight is 262 g/mol. The van der Waals surface area contributed by atoms with E-state index >= 15 is 0 Å². The van der Waals surface area contributed by atoms with Gasteiger partial charge in [0.25, 0.3) is 0 Å². The molecule has 0 fully saturated rings. The second kappa shape index (κ2) is 5.65. The van der Waals surface area contributed by atoms with Crippen LogP contribution in [-0.2, 0) is 6.42 Å². The predicted octanol–water partition coefficient (Wildman–Crippen LogP) is 2.57. The Hall–Kier alpha value is -1.87. The second-order valence-electron chi connectivity index (χ2n) is 3.86. The van der Waals surface area contributed by atoms with Gasteiger partial charge in [-0.25, -0.2) is 0 Å². The Kier molecular flexibility index (Phi) is 3.95. The zero-order chi connectivity index (χ0) is 13.0. The lowest BCUT2D eigenvalue weighted by Gasteiger charge is -2.03. The SMILES string of the molecule is CCc1cccc[n+]1NC(=O)c1ccc(Cl)cc1. The van der Waals surface area contributed by atoms with E-state index in [1.54, 1.807) is 28.9 Å². The largest absolute Gasteiger partial charge is 0.305 e. The van der Waals surface area contributed by atoms with Crippen LogP contribution in [0.5, 0.6) is 0 Å². The fourth-order valence-corrected chi connectivity index (χ4v) is 1.78. The molecule has 0 saturated carbocycles. The van der Waals surface area contributed by atoms with Crippen molar-refractivity contribution >= 4 is 17.5 Å². The van der Waals surface area contributed by atoms with Crippen molar-refractivity contribution in [2.75, 3.05) is 5.43 Å². The summed E-state index contributed by atoms with van der Waals surface area (Å²) in [6.45, 7) is 2.04. The lowest BCUT2D eigenvalue weighted by Crippen LogP contribution is -2.50. The summed E-state index contributed by atoms with van der Waals surface area (Å²) in [5.74, 6) is -0.155. The van der Waals surface area contributed by atoms with E-state index in [0.29, 0.717) is 10.6 Å². The standard InChI is InChI=1S/C14H13ClN2O/c1-2-13-5-3-4-10-17(13)16-14(18)11-6-8-12(15)9-7-11/h3-10H,2H2,1H3/p+1. The van der Waals surface area contributed by atoms with Gasteiger partial charge in [-0.05, 0) is 30.3 Å². The number of nitrogens with one attached hydrogen (secondary N) is 1. The molecular formula is C14H14ClN2O+. The number of aryl methyl sites for hydroxylation is 1. The fourth-order valence-electron chi connectivity index (χ4n) is 1.65. The summed E-state index contributed by atoms with van der Waals surface area (Å²) in [7, 11) is 0. The fraction of sp³-hybridized carbons (Fsp3) is 0.143. The van der Waals surface area contributed by atoms with Crippen molar-refractivity contribution in [1.82, 2.24) is 0 Å². The molecule has 4 heteroatoms. The smallest absolute Gasteiger partial charge is 0.264 e. The molecule has 1 aromatic carbocycles. The summed E-state index contributed by atoms with van der Waals surface area (Å²) in [6.07, 6.45) is 2.67. The molecule has 0 spiro atoms. The van der Waals surface area contributed by atoms with Crippen molar-refractivity contribution in [3.63, 3.8) is 0 Å². The quantitative estimate of drug-likeness (QED) is 0.847. The highest BCUT2D eigenvalue weighted by molar-refractivity contribution is 6.30. The number of benzene rings is 1. The van der Waals surface area contributed by atoms with E-state index in [-0.39, 0.29) is 5.91 Å². The van der Waals surface area contributed by atoms with E-state index in [9.17, 15) is 4.79 Å².